The third-order valence-electron chi connectivity index (χ3n) is 5.22. The highest BCUT2D eigenvalue weighted by molar-refractivity contribution is 5.98. The van der Waals surface area contributed by atoms with Crippen LogP contribution in [-0.2, 0) is 0 Å². The molecule has 2 aliphatic heterocycles. The molecule has 2 aliphatic rings. The Morgan fingerprint density at radius 1 is 0.571 bits per heavy atom. The summed E-state index contributed by atoms with van der Waals surface area (Å²) in [6.07, 6.45) is 0. The maximum Gasteiger partial charge on any atom is 0.304 e. The molecule has 0 amide bonds. The lowest BCUT2D eigenvalue weighted by atomic mass is 10.1. The molecular weight excluding hydrogens is 444 g/mol. The van der Waals surface area contributed by atoms with E-state index in [4.69, 9.17) is 30.0 Å². The van der Waals surface area contributed by atoms with Crippen molar-refractivity contribution in [3.05, 3.63) is 10.7 Å². The Morgan fingerprint density at radius 3 is 1.29 bits per heavy atom. The van der Waals surface area contributed by atoms with Crippen molar-refractivity contribution >= 4 is 46.6 Å². The van der Waals surface area contributed by atoms with Gasteiger partial charge in [-0.15, -0.1) is 0 Å². The van der Waals surface area contributed by atoms with Crippen LogP contribution < -0.4 is 10.7 Å². The number of rotatable bonds is 2. The first-order valence-electron chi connectivity index (χ1n) is 11.3. The first kappa shape index (κ1) is 26.1. The second-order valence-electron chi connectivity index (χ2n) is 10.4. The topological polar surface area (TPSA) is 90.4 Å². The average molecular weight is 484 g/mol. The number of nitrogens with zero attached hydrogens (tertiary/aromatic N) is 12. The van der Waals surface area contributed by atoms with Gasteiger partial charge in [-0.3, -0.25) is 4.48 Å². The summed E-state index contributed by atoms with van der Waals surface area (Å²) in [4.78, 5) is 39.3. The maximum absolute atomic E-state index is 5.12. The van der Waals surface area contributed by atoms with E-state index in [-0.39, 0.29) is 0 Å². The first-order chi connectivity index (χ1) is 16.1. The third-order valence-corrected chi connectivity index (χ3v) is 5.22. The van der Waals surface area contributed by atoms with E-state index >= 15 is 0 Å². The molecule has 190 valence electrons. The third kappa shape index (κ3) is 4.97. The lowest BCUT2D eigenvalue weighted by Gasteiger charge is -2.28. The summed E-state index contributed by atoms with van der Waals surface area (Å²) in [5.41, 5.74) is 2.56. The second kappa shape index (κ2) is 9.25. The van der Waals surface area contributed by atoms with Crippen LogP contribution in [-0.4, -0.2) is 144 Å². The van der Waals surface area contributed by atoms with Crippen molar-refractivity contribution in [3.8, 4) is 0 Å². The smallest absolute Gasteiger partial charge is 0.304 e. The van der Waals surface area contributed by atoms with Crippen molar-refractivity contribution in [1.82, 2.24) is 24.5 Å². The molecule has 0 atom stereocenters. The van der Waals surface area contributed by atoms with Crippen LogP contribution in [0.25, 0.3) is 0 Å². The standard InChI is InChI=1S/C23H39N12/c1-30(2)20-24-14-16(26-20)19(29-23(34(9)10)35(11,12)13)17-15(25-21(27-17)31(3)4)18(14)28-22(32(5)6)33(7)8/h1-13H3/q+1. The van der Waals surface area contributed by atoms with Gasteiger partial charge in [-0.05, 0) is 0 Å². The average Bonchev–Trinajstić information content (AvgIpc) is 3.33. The van der Waals surface area contributed by atoms with Crippen LogP contribution in [0.1, 0.15) is 0 Å². The van der Waals surface area contributed by atoms with Gasteiger partial charge in [0.25, 0.3) is 0 Å². The van der Waals surface area contributed by atoms with Gasteiger partial charge in [0.05, 0.1) is 21.1 Å². The molecule has 1 aromatic carbocycles. The van der Waals surface area contributed by atoms with Crippen molar-refractivity contribution in [2.45, 2.75) is 0 Å². The van der Waals surface area contributed by atoms with Gasteiger partial charge < -0.3 is 24.5 Å². The molecule has 12 nitrogen and oxygen atoms in total. The monoisotopic (exact) mass is 483 g/mol. The van der Waals surface area contributed by atoms with E-state index in [1.807, 2.05) is 95.0 Å². The predicted molar refractivity (Wildman–Crippen MR) is 144 cm³/mol. The first-order valence-corrected chi connectivity index (χ1v) is 11.3. The molecule has 0 N–H and O–H groups in total. The number of hydrogen-bond donors (Lipinski definition) is 0. The van der Waals surface area contributed by atoms with Crippen LogP contribution in [0.15, 0.2) is 30.0 Å². The molecule has 3 rings (SSSR count). The largest absolute Gasteiger partial charge is 0.349 e. The lowest BCUT2D eigenvalue weighted by Crippen LogP contribution is -2.48. The zero-order valence-corrected chi connectivity index (χ0v) is 23.4. The quantitative estimate of drug-likeness (QED) is 0.345. The number of fused-ring (bicyclic) bond motifs is 2. The van der Waals surface area contributed by atoms with Gasteiger partial charge >= 0.3 is 5.96 Å². The summed E-state index contributed by atoms with van der Waals surface area (Å²) < 4.78 is 0.518. The Hall–Kier alpha value is -3.54. The lowest BCUT2D eigenvalue weighted by molar-refractivity contribution is -0.782. The van der Waals surface area contributed by atoms with Gasteiger partial charge in [0, 0.05) is 70.5 Å². The Morgan fingerprint density at radius 2 is 0.971 bits per heavy atom. The summed E-state index contributed by atoms with van der Waals surface area (Å²) in [5.74, 6) is 2.77. The van der Waals surface area contributed by atoms with Crippen LogP contribution in [0.5, 0.6) is 0 Å². The molecule has 0 aromatic heterocycles. The summed E-state index contributed by atoms with van der Waals surface area (Å²) >= 11 is 0. The van der Waals surface area contributed by atoms with E-state index in [0.29, 0.717) is 49.9 Å². The van der Waals surface area contributed by atoms with E-state index in [1.165, 1.54) is 0 Å². The molecular formula is C23H39N12+. The SMILES string of the molecule is CN(C)C1=Nc2c(N=C(N(C)C)[N+](C)(C)C)c3c(c(N=C(N(C)C)N(C)C)c2=N1)N=C(N(C)C)N=3. The molecule has 0 saturated carbocycles. The number of benzene rings is 1. The molecule has 0 radical (unpaired) electrons. The minimum atomic E-state index is 0.518. The van der Waals surface area contributed by atoms with E-state index < -0.39 is 0 Å². The van der Waals surface area contributed by atoms with Gasteiger partial charge in [-0.25, -0.2) is 25.0 Å². The highest BCUT2D eigenvalue weighted by Gasteiger charge is 2.30. The Balaban J connectivity index is 2.53. The summed E-state index contributed by atoms with van der Waals surface area (Å²) in [6, 6.07) is 0. The second-order valence-corrected chi connectivity index (χ2v) is 10.4. The van der Waals surface area contributed by atoms with E-state index in [2.05, 4.69) is 21.1 Å². The number of aliphatic imine (C=N–C) groups is 4. The van der Waals surface area contributed by atoms with Gasteiger partial charge in [-0.1, -0.05) is 0 Å². The fourth-order valence-corrected chi connectivity index (χ4v) is 3.81. The molecule has 0 spiro atoms. The highest BCUT2D eigenvalue weighted by atomic mass is 15.4. The van der Waals surface area contributed by atoms with Crippen molar-refractivity contribution in [2.75, 3.05) is 91.6 Å². The van der Waals surface area contributed by atoms with Crippen molar-refractivity contribution < 1.29 is 4.48 Å². The van der Waals surface area contributed by atoms with Gasteiger partial charge in [0.2, 0.25) is 17.9 Å². The number of quaternary nitrogens is 1. The van der Waals surface area contributed by atoms with Crippen LogP contribution in [0.4, 0.5) is 22.7 Å². The number of hydrogen-bond acceptors (Lipinski definition) is 8. The van der Waals surface area contributed by atoms with Crippen LogP contribution in [0.3, 0.4) is 0 Å². The minimum absolute atomic E-state index is 0.518. The summed E-state index contributed by atoms with van der Waals surface area (Å²) in [7, 11) is 25.7. The summed E-state index contributed by atoms with van der Waals surface area (Å²) in [5, 5.41) is 1.29. The molecule has 0 bridgehead atoms. The molecule has 0 unspecified atom stereocenters. The normalized spacial score (nSPS) is 14.3. The zero-order valence-electron chi connectivity index (χ0n) is 23.4. The van der Waals surface area contributed by atoms with E-state index in [1.54, 1.807) is 0 Å². The predicted octanol–water partition coefficient (Wildman–Crippen LogP) is 0.417. The van der Waals surface area contributed by atoms with E-state index in [9.17, 15) is 0 Å². The van der Waals surface area contributed by atoms with Crippen LogP contribution in [0.2, 0.25) is 0 Å². The van der Waals surface area contributed by atoms with Crippen LogP contribution >= 0.6 is 0 Å². The van der Waals surface area contributed by atoms with Crippen LogP contribution in [0, 0.1) is 0 Å². The Bertz CT molecular complexity index is 1240. The van der Waals surface area contributed by atoms with Gasteiger partial charge in [0.15, 0.2) is 0 Å². The molecule has 1 aromatic rings. The maximum atomic E-state index is 5.12. The molecule has 2 heterocycles. The molecule has 0 saturated heterocycles. The molecule has 0 aliphatic carbocycles. The molecule has 12 heteroatoms. The van der Waals surface area contributed by atoms with Crippen molar-refractivity contribution in [3.63, 3.8) is 0 Å². The van der Waals surface area contributed by atoms with Crippen molar-refractivity contribution in [1.29, 1.82) is 0 Å². The zero-order chi connectivity index (χ0) is 26.4. The van der Waals surface area contributed by atoms with Crippen molar-refractivity contribution in [2.24, 2.45) is 30.0 Å². The van der Waals surface area contributed by atoms with Gasteiger partial charge in [-0.2, -0.15) is 4.99 Å². The fourth-order valence-electron chi connectivity index (χ4n) is 3.81. The summed E-state index contributed by atoms with van der Waals surface area (Å²) in [6.45, 7) is 0. The minimum Gasteiger partial charge on any atom is -0.349 e. The highest BCUT2D eigenvalue weighted by Crippen LogP contribution is 2.35. The Labute approximate surface area is 208 Å². The molecule has 35 heavy (non-hydrogen) atoms. The number of guanidine groups is 4. The fraction of sp³-hybridized carbons (Fsp3) is 0.565. The van der Waals surface area contributed by atoms with E-state index in [0.717, 1.165) is 11.9 Å². The molecule has 0 fully saturated rings. The van der Waals surface area contributed by atoms with Gasteiger partial charge in [0.1, 0.15) is 33.5 Å². The Kier molecular flexibility index (Phi) is 6.89.